The summed E-state index contributed by atoms with van der Waals surface area (Å²) in [5.74, 6) is 0. The molecule has 0 radical (unpaired) electrons. The minimum atomic E-state index is -4.88. The Balaban J connectivity index is 3.76. The van der Waals surface area contributed by atoms with Crippen molar-refractivity contribution >= 4 is 32.5 Å². The van der Waals surface area contributed by atoms with Gasteiger partial charge in [-0.05, 0) is 37.1 Å². The van der Waals surface area contributed by atoms with Crippen LogP contribution in [0.4, 0.5) is 0 Å². The molecule has 0 heterocycles. The summed E-state index contributed by atoms with van der Waals surface area (Å²) in [7, 11) is -8.85. The smallest absolute Gasteiger partial charge is 0.295 e. The first-order valence-corrected chi connectivity index (χ1v) is 11.6. The maximum atomic E-state index is 12.1. The van der Waals surface area contributed by atoms with E-state index < -0.39 is 30.5 Å². The van der Waals surface area contributed by atoms with Crippen LogP contribution in [0.15, 0.2) is 84.8 Å². The maximum Gasteiger partial charge on any atom is 0.295 e. The molecule has 31 heavy (non-hydrogen) atoms. The highest BCUT2D eigenvalue weighted by molar-refractivity contribution is 8.30. The molecule has 1 rings (SSSR count). The van der Waals surface area contributed by atoms with Gasteiger partial charge in [-0.3, -0.25) is 4.55 Å². The highest BCUT2D eigenvalue weighted by Gasteiger charge is 2.35. The van der Waals surface area contributed by atoms with Crippen molar-refractivity contribution in [1.29, 1.82) is 0 Å². The molecule has 0 aliphatic rings. The van der Waals surface area contributed by atoms with Crippen molar-refractivity contribution in [1.82, 2.24) is 5.32 Å². The van der Waals surface area contributed by atoms with Gasteiger partial charge < -0.3 is 5.32 Å². The molecule has 10 nitrogen and oxygen atoms in total. The average Bonchev–Trinajstić information content (AvgIpc) is 2.77. The van der Waals surface area contributed by atoms with Crippen LogP contribution in [0.3, 0.4) is 0 Å². The third-order valence-electron chi connectivity index (χ3n) is 4.09. The number of nitroso groups, excluding NO2 is 3. The Labute approximate surface area is 181 Å². The lowest BCUT2D eigenvalue weighted by Gasteiger charge is -2.21. The summed E-state index contributed by atoms with van der Waals surface area (Å²) in [5, 5.41) is 3.07. The van der Waals surface area contributed by atoms with E-state index in [0.717, 1.165) is 17.7 Å². The van der Waals surface area contributed by atoms with Crippen molar-refractivity contribution in [2.24, 2.45) is 13.7 Å². The van der Waals surface area contributed by atoms with E-state index in [2.05, 4.69) is 32.2 Å². The molecular weight excluding hydrogens is 444 g/mol. The lowest BCUT2D eigenvalue weighted by atomic mass is 10.0. The minimum absolute atomic E-state index is 0.0166. The van der Waals surface area contributed by atoms with Gasteiger partial charge >= 0.3 is 0 Å². The van der Waals surface area contributed by atoms with Gasteiger partial charge in [0.25, 0.3) is 10.1 Å². The first kappa shape index (κ1) is 25.8. The summed E-state index contributed by atoms with van der Waals surface area (Å²) < 4.78 is 41.4. The molecule has 166 valence electrons. The second-order valence-corrected chi connectivity index (χ2v) is 9.17. The standard InChI is InChI=1S/C19H22N4O6S2/c1-5-9-10-14(6-2)13-20-17(8-4)19-15(7-3)11-16(12-18(19)31(27,28)29)30(21-24,22-25)23-26/h5-12,20H,1,3,13H2,2,4H3,(H,27,28,29)/b10-9-,14-6+,17-8+. The number of nitrogens with one attached hydrogen (secondary N) is 1. The molecule has 0 aromatic heterocycles. The van der Waals surface area contributed by atoms with Crippen LogP contribution >= 0.6 is 10.6 Å². The molecule has 0 aliphatic heterocycles. The molecule has 0 fully saturated rings. The summed E-state index contributed by atoms with van der Waals surface area (Å²) in [4.78, 5) is 32.3. The van der Waals surface area contributed by atoms with Crippen LogP contribution in [0.1, 0.15) is 25.0 Å². The molecule has 1 aromatic carbocycles. The highest BCUT2D eigenvalue weighted by atomic mass is 32.3. The molecule has 0 saturated carbocycles. The summed E-state index contributed by atoms with van der Waals surface area (Å²) in [6.07, 6.45) is 9.76. The van der Waals surface area contributed by atoms with Crippen LogP contribution in [-0.4, -0.2) is 19.5 Å². The van der Waals surface area contributed by atoms with Gasteiger partial charge in [0.2, 0.25) is 0 Å². The number of nitrogens with zero attached hydrogens (tertiary/aromatic N) is 3. The first-order chi connectivity index (χ1) is 14.7. The van der Waals surface area contributed by atoms with Crippen molar-refractivity contribution in [3.05, 3.63) is 87.1 Å². The van der Waals surface area contributed by atoms with Crippen molar-refractivity contribution in [2.75, 3.05) is 6.54 Å². The van der Waals surface area contributed by atoms with Crippen molar-refractivity contribution in [2.45, 2.75) is 23.6 Å². The predicted octanol–water partition coefficient (Wildman–Crippen LogP) is 5.42. The second-order valence-electron chi connectivity index (χ2n) is 5.82. The van der Waals surface area contributed by atoms with Crippen LogP contribution in [-0.2, 0) is 10.1 Å². The molecule has 0 saturated heterocycles. The Hall–Kier alpha value is -3.22. The molecule has 0 spiro atoms. The van der Waals surface area contributed by atoms with Crippen molar-refractivity contribution in [3.63, 3.8) is 0 Å². The topological polar surface area (TPSA) is 155 Å². The Bertz CT molecular complexity index is 1070. The van der Waals surface area contributed by atoms with Crippen LogP contribution < -0.4 is 5.32 Å². The SMILES string of the molecule is C=C/C=C\C(=C/C)CN/C(=C/C)c1c(C=C)cc(S(N=O)(N=O)N=O)cc1S(=O)(=O)O. The Kier molecular flexibility index (Phi) is 9.37. The number of hydrogen-bond donors (Lipinski definition) is 2. The van der Waals surface area contributed by atoms with Gasteiger partial charge in [0.15, 0.2) is 10.6 Å². The van der Waals surface area contributed by atoms with Gasteiger partial charge in [0, 0.05) is 31.6 Å². The zero-order valence-corrected chi connectivity index (χ0v) is 18.5. The minimum Gasteiger partial charge on any atom is -0.381 e. The second kappa shape index (κ2) is 11.2. The number of rotatable bonds is 12. The number of benzene rings is 1. The van der Waals surface area contributed by atoms with E-state index in [9.17, 15) is 27.7 Å². The first-order valence-electron chi connectivity index (χ1n) is 8.67. The van der Waals surface area contributed by atoms with E-state index in [1.807, 2.05) is 13.0 Å². The summed E-state index contributed by atoms with van der Waals surface area (Å²) in [6, 6.07) is 1.95. The van der Waals surface area contributed by atoms with Crippen LogP contribution in [0.25, 0.3) is 11.8 Å². The molecule has 1 aromatic rings. The molecule has 0 atom stereocenters. The molecule has 0 unspecified atom stereocenters. The van der Waals surface area contributed by atoms with Gasteiger partial charge in [0.05, 0.1) is 4.90 Å². The quantitative estimate of drug-likeness (QED) is 0.236. The van der Waals surface area contributed by atoms with Gasteiger partial charge in [-0.2, -0.15) is 8.42 Å². The van der Waals surface area contributed by atoms with Gasteiger partial charge in [0.1, 0.15) is 4.90 Å². The monoisotopic (exact) mass is 466 g/mol. The van der Waals surface area contributed by atoms with Crippen LogP contribution in [0, 0.1) is 14.7 Å². The predicted molar refractivity (Wildman–Crippen MR) is 124 cm³/mol. The summed E-state index contributed by atoms with van der Waals surface area (Å²) in [5.41, 5.74) is 1.27. The molecule has 12 heteroatoms. The fourth-order valence-electron chi connectivity index (χ4n) is 2.57. The molecule has 0 aliphatic carbocycles. The van der Waals surface area contributed by atoms with E-state index in [1.54, 1.807) is 31.2 Å². The van der Waals surface area contributed by atoms with Gasteiger partial charge in [-0.15, -0.1) is 14.7 Å². The zero-order chi connectivity index (χ0) is 23.7. The zero-order valence-electron chi connectivity index (χ0n) is 16.9. The van der Waals surface area contributed by atoms with E-state index in [0.29, 0.717) is 12.2 Å². The van der Waals surface area contributed by atoms with E-state index in [-0.39, 0.29) is 11.1 Å². The lowest BCUT2D eigenvalue weighted by molar-refractivity contribution is 0.482. The number of hydrogen-bond acceptors (Lipinski definition) is 9. The lowest BCUT2D eigenvalue weighted by Crippen LogP contribution is -2.18. The number of allylic oxidation sites excluding steroid dienone is 4. The third kappa shape index (κ3) is 5.90. The van der Waals surface area contributed by atoms with Crippen molar-refractivity contribution < 1.29 is 13.0 Å². The molecular formula is C19H22N4O6S2. The Morgan fingerprint density at radius 2 is 1.71 bits per heavy atom. The van der Waals surface area contributed by atoms with Crippen molar-refractivity contribution in [3.8, 4) is 0 Å². The van der Waals surface area contributed by atoms with E-state index in [1.165, 1.54) is 6.08 Å². The Morgan fingerprint density at radius 1 is 1.10 bits per heavy atom. The van der Waals surface area contributed by atoms with Gasteiger partial charge in [-0.25, -0.2) is 0 Å². The normalized spacial score (nSPS) is 13.5. The Morgan fingerprint density at radius 3 is 2.13 bits per heavy atom. The summed E-state index contributed by atoms with van der Waals surface area (Å²) >= 11 is 0. The van der Waals surface area contributed by atoms with Crippen LogP contribution in [0.2, 0.25) is 0 Å². The van der Waals surface area contributed by atoms with Gasteiger partial charge in [-0.1, -0.05) is 49.6 Å². The van der Waals surface area contributed by atoms with E-state index in [4.69, 9.17) is 0 Å². The fourth-order valence-corrected chi connectivity index (χ4v) is 4.31. The average molecular weight is 467 g/mol. The van der Waals surface area contributed by atoms with Crippen LogP contribution in [0.5, 0.6) is 0 Å². The van der Waals surface area contributed by atoms with E-state index >= 15 is 0 Å². The summed E-state index contributed by atoms with van der Waals surface area (Å²) in [6.45, 7) is 10.9. The molecule has 0 amide bonds. The fraction of sp³-hybridized carbons (Fsp3) is 0.158. The largest absolute Gasteiger partial charge is 0.381 e. The third-order valence-corrected chi connectivity index (χ3v) is 6.46. The maximum absolute atomic E-state index is 12.1. The highest BCUT2D eigenvalue weighted by Crippen LogP contribution is 2.60. The molecule has 0 bridgehead atoms. The molecule has 2 N–H and O–H groups in total.